The predicted molar refractivity (Wildman–Crippen MR) is 62.3 cm³/mol. The van der Waals surface area contributed by atoms with Gasteiger partial charge in [0, 0.05) is 5.56 Å². The van der Waals surface area contributed by atoms with Crippen molar-refractivity contribution in [3.8, 4) is 11.5 Å². The Balaban J connectivity index is 2.26. The molecule has 2 aromatic rings. The molecule has 0 unspecified atom stereocenters. The van der Waals surface area contributed by atoms with Crippen molar-refractivity contribution in [3.63, 3.8) is 0 Å². The van der Waals surface area contributed by atoms with Gasteiger partial charge in [-0.2, -0.15) is 0 Å². The van der Waals surface area contributed by atoms with Gasteiger partial charge < -0.3 is 9.94 Å². The minimum absolute atomic E-state index is 0.317. The van der Waals surface area contributed by atoms with Crippen molar-refractivity contribution < 1.29 is 14.3 Å². The van der Waals surface area contributed by atoms with Gasteiger partial charge in [0.25, 0.3) is 0 Å². The number of hydrogen-bond acceptors (Lipinski definition) is 3. The Bertz CT molecular complexity index is 523. The van der Waals surface area contributed by atoms with Crippen molar-refractivity contribution in [2.45, 2.75) is 0 Å². The van der Waals surface area contributed by atoms with Gasteiger partial charge in [-0.3, -0.25) is 0 Å². The third-order valence-electron chi connectivity index (χ3n) is 2.16. The number of ether oxygens (including phenoxy) is 1. The van der Waals surface area contributed by atoms with Crippen LogP contribution in [0.25, 0.3) is 0 Å². The number of para-hydroxylation sites is 1. The molecule has 0 saturated heterocycles. The maximum Gasteiger partial charge on any atom is 0.136 e. The highest BCUT2D eigenvalue weighted by atomic mass is 19.1. The molecule has 0 aliphatic carbocycles. The van der Waals surface area contributed by atoms with E-state index < -0.39 is 0 Å². The normalized spacial score (nSPS) is 10.6. The van der Waals surface area contributed by atoms with Crippen LogP contribution in [-0.2, 0) is 0 Å². The Hall–Kier alpha value is -2.36. The molecule has 0 amide bonds. The Morgan fingerprint density at radius 2 is 1.76 bits per heavy atom. The minimum atomic E-state index is -0.317. The average molecular weight is 231 g/mol. The average Bonchev–Trinajstić information content (AvgIpc) is 2.35. The van der Waals surface area contributed by atoms with E-state index in [9.17, 15) is 4.39 Å². The van der Waals surface area contributed by atoms with Gasteiger partial charge in [0.05, 0.1) is 6.21 Å². The second-order valence-corrected chi connectivity index (χ2v) is 3.34. The van der Waals surface area contributed by atoms with E-state index in [1.54, 1.807) is 24.3 Å². The topological polar surface area (TPSA) is 41.8 Å². The maximum absolute atomic E-state index is 12.7. The Kier molecular flexibility index (Phi) is 3.35. The van der Waals surface area contributed by atoms with Gasteiger partial charge in [0.15, 0.2) is 0 Å². The first kappa shape index (κ1) is 11.1. The highest BCUT2D eigenvalue weighted by Gasteiger charge is 2.02. The van der Waals surface area contributed by atoms with E-state index in [1.807, 2.05) is 0 Å². The van der Waals surface area contributed by atoms with E-state index in [0.717, 1.165) is 0 Å². The molecule has 0 atom stereocenters. The zero-order valence-corrected chi connectivity index (χ0v) is 8.88. The summed E-state index contributed by atoms with van der Waals surface area (Å²) in [5.41, 5.74) is 0.638. The predicted octanol–water partition coefficient (Wildman–Crippen LogP) is 3.43. The van der Waals surface area contributed by atoms with Gasteiger partial charge in [0.2, 0.25) is 0 Å². The largest absolute Gasteiger partial charge is 0.457 e. The van der Waals surface area contributed by atoms with Crippen LogP contribution in [0.5, 0.6) is 11.5 Å². The van der Waals surface area contributed by atoms with E-state index in [4.69, 9.17) is 9.94 Å². The van der Waals surface area contributed by atoms with Crippen molar-refractivity contribution in [2.75, 3.05) is 0 Å². The first-order valence-electron chi connectivity index (χ1n) is 4.99. The number of oxime groups is 1. The summed E-state index contributed by atoms with van der Waals surface area (Å²) >= 11 is 0. The number of hydrogen-bond donors (Lipinski definition) is 1. The third-order valence-corrected chi connectivity index (χ3v) is 2.16. The highest BCUT2D eigenvalue weighted by molar-refractivity contribution is 5.83. The zero-order valence-electron chi connectivity index (χ0n) is 8.88. The summed E-state index contributed by atoms with van der Waals surface area (Å²) in [7, 11) is 0. The molecule has 0 aromatic heterocycles. The van der Waals surface area contributed by atoms with Crippen molar-refractivity contribution in [3.05, 3.63) is 59.9 Å². The van der Waals surface area contributed by atoms with Crippen LogP contribution in [0.2, 0.25) is 0 Å². The van der Waals surface area contributed by atoms with Crippen LogP contribution >= 0.6 is 0 Å². The quantitative estimate of drug-likeness (QED) is 0.499. The molecule has 0 spiro atoms. The summed E-state index contributed by atoms with van der Waals surface area (Å²) in [4.78, 5) is 0. The molecule has 1 N–H and O–H groups in total. The molecular formula is C13H10FNO2. The highest BCUT2D eigenvalue weighted by Crippen LogP contribution is 2.24. The molecule has 3 nitrogen and oxygen atoms in total. The van der Waals surface area contributed by atoms with Crippen molar-refractivity contribution >= 4 is 6.21 Å². The van der Waals surface area contributed by atoms with Crippen molar-refractivity contribution in [2.24, 2.45) is 5.16 Å². The molecule has 2 rings (SSSR count). The number of nitrogens with zero attached hydrogens (tertiary/aromatic N) is 1. The fraction of sp³-hybridized carbons (Fsp3) is 0. The summed E-state index contributed by atoms with van der Waals surface area (Å²) in [5.74, 6) is 0.740. The molecule has 86 valence electrons. The van der Waals surface area contributed by atoms with Crippen LogP contribution in [0, 0.1) is 5.82 Å². The lowest BCUT2D eigenvalue weighted by atomic mass is 10.2. The second-order valence-electron chi connectivity index (χ2n) is 3.34. The molecule has 0 fully saturated rings. The third kappa shape index (κ3) is 2.81. The van der Waals surface area contributed by atoms with Gasteiger partial charge >= 0.3 is 0 Å². The van der Waals surface area contributed by atoms with E-state index in [-0.39, 0.29) is 5.82 Å². The van der Waals surface area contributed by atoms with Crippen LogP contribution in [0.1, 0.15) is 5.56 Å². The summed E-state index contributed by atoms with van der Waals surface area (Å²) < 4.78 is 18.3. The van der Waals surface area contributed by atoms with Gasteiger partial charge in [-0.1, -0.05) is 17.3 Å². The fourth-order valence-corrected chi connectivity index (χ4v) is 1.37. The summed E-state index contributed by atoms with van der Waals surface area (Å²) in [6.45, 7) is 0. The van der Waals surface area contributed by atoms with Gasteiger partial charge in [-0.15, -0.1) is 0 Å². The van der Waals surface area contributed by atoms with Gasteiger partial charge in [0.1, 0.15) is 17.3 Å². The second kappa shape index (κ2) is 5.12. The van der Waals surface area contributed by atoms with Gasteiger partial charge in [-0.25, -0.2) is 4.39 Å². The molecule has 0 saturated carbocycles. The van der Waals surface area contributed by atoms with Gasteiger partial charge in [-0.05, 0) is 36.4 Å². The van der Waals surface area contributed by atoms with Crippen LogP contribution in [-0.4, -0.2) is 11.4 Å². The SMILES string of the molecule is O/N=C\c1ccccc1Oc1ccc(F)cc1. The Labute approximate surface area is 97.8 Å². The lowest BCUT2D eigenvalue weighted by Crippen LogP contribution is -1.90. The molecule has 0 heterocycles. The molecule has 0 aliphatic heterocycles. The number of halogens is 1. The first-order chi connectivity index (χ1) is 8.29. The maximum atomic E-state index is 12.7. The molecule has 0 bridgehead atoms. The van der Waals surface area contributed by atoms with E-state index in [2.05, 4.69) is 5.16 Å². The van der Waals surface area contributed by atoms with Crippen LogP contribution in [0.3, 0.4) is 0 Å². The molecule has 4 heteroatoms. The lowest BCUT2D eigenvalue weighted by molar-refractivity contribution is 0.321. The zero-order chi connectivity index (χ0) is 12.1. The summed E-state index contributed by atoms with van der Waals surface area (Å²) in [5, 5.41) is 11.5. The Morgan fingerprint density at radius 1 is 1.06 bits per heavy atom. The molecule has 0 aliphatic rings. The fourth-order valence-electron chi connectivity index (χ4n) is 1.37. The molecule has 17 heavy (non-hydrogen) atoms. The van der Waals surface area contributed by atoms with Crippen LogP contribution in [0.15, 0.2) is 53.7 Å². The monoisotopic (exact) mass is 231 g/mol. The van der Waals surface area contributed by atoms with E-state index >= 15 is 0 Å². The number of rotatable bonds is 3. The lowest BCUT2D eigenvalue weighted by Gasteiger charge is -2.07. The molecular weight excluding hydrogens is 221 g/mol. The van der Waals surface area contributed by atoms with Crippen LogP contribution in [0.4, 0.5) is 4.39 Å². The van der Waals surface area contributed by atoms with Crippen LogP contribution < -0.4 is 4.74 Å². The minimum Gasteiger partial charge on any atom is -0.457 e. The molecule has 2 aromatic carbocycles. The summed E-state index contributed by atoms with van der Waals surface area (Å²) in [6, 6.07) is 12.8. The molecule has 0 radical (unpaired) electrons. The van der Waals surface area contributed by atoms with E-state index in [1.165, 1.54) is 30.5 Å². The smallest absolute Gasteiger partial charge is 0.136 e. The van der Waals surface area contributed by atoms with E-state index in [0.29, 0.717) is 17.1 Å². The van der Waals surface area contributed by atoms with Crippen molar-refractivity contribution in [1.29, 1.82) is 0 Å². The Morgan fingerprint density at radius 3 is 2.47 bits per heavy atom. The standard InChI is InChI=1S/C13H10FNO2/c14-11-5-7-12(8-6-11)17-13-4-2-1-3-10(13)9-15-16/h1-9,16H/b15-9-. The summed E-state index contributed by atoms with van der Waals surface area (Å²) in [6.07, 6.45) is 1.28. The first-order valence-corrected chi connectivity index (χ1v) is 4.99. The van der Waals surface area contributed by atoms with Crippen molar-refractivity contribution in [1.82, 2.24) is 0 Å². The number of benzene rings is 2.